The van der Waals surface area contributed by atoms with Gasteiger partial charge in [0.25, 0.3) is 0 Å². The predicted octanol–water partition coefficient (Wildman–Crippen LogP) is 4.30. The van der Waals surface area contributed by atoms with Crippen LogP contribution in [0.2, 0.25) is 10.2 Å². The molecule has 0 spiro atoms. The van der Waals surface area contributed by atoms with Crippen molar-refractivity contribution < 1.29 is 14.3 Å². The second kappa shape index (κ2) is 7.02. The number of Topliss-reactive ketones (excluding diaryl/α,β-unsaturated/α-hetero) is 2. The van der Waals surface area contributed by atoms with Crippen molar-refractivity contribution in [1.29, 1.82) is 0 Å². The predicted molar refractivity (Wildman–Crippen MR) is 83.0 cm³/mol. The van der Waals surface area contributed by atoms with Crippen molar-refractivity contribution in [3.05, 3.63) is 44.9 Å². The Morgan fingerprint density at radius 3 is 2.38 bits per heavy atom. The normalized spacial score (nSPS) is 10.4. The molecule has 1 aromatic heterocycles. The van der Waals surface area contributed by atoms with Gasteiger partial charge in [-0.15, -0.1) is 0 Å². The van der Waals surface area contributed by atoms with Gasteiger partial charge in [0.2, 0.25) is 0 Å². The Bertz CT molecular complexity index is 667. The Kier molecular flexibility index (Phi) is 5.33. The number of hydrogen-bond acceptors (Lipinski definition) is 5. The van der Waals surface area contributed by atoms with E-state index in [-0.39, 0.29) is 33.0 Å². The minimum Gasteiger partial charge on any atom is -0.494 e. The maximum atomic E-state index is 12.1. The van der Waals surface area contributed by atoms with Gasteiger partial charge in [0.1, 0.15) is 15.6 Å². The fraction of sp³-hybridized carbons (Fsp3) is 0.214. The second-order valence-corrected chi connectivity index (χ2v) is 5.61. The summed E-state index contributed by atoms with van der Waals surface area (Å²) in [5.41, 5.74) is 0.443. The molecule has 4 nitrogen and oxygen atoms in total. The molecule has 7 heteroatoms. The molecule has 0 saturated heterocycles. The highest BCUT2D eigenvalue weighted by Crippen LogP contribution is 2.29. The first kappa shape index (κ1) is 15.9. The largest absolute Gasteiger partial charge is 0.494 e. The third-order valence-corrected chi connectivity index (χ3v) is 4.50. The Hall–Kier alpha value is -1.43. The Balaban J connectivity index is 2.07. The summed E-state index contributed by atoms with van der Waals surface area (Å²) >= 11 is 12.4. The molecular formula is C14H11Cl2NO3S. The number of benzene rings is 1. The SMILES string of the molecule is CCOc1ccc(C(=O)CC(=O)c2snc(Cl)c2Cl)cc1. The van der Waals surface area contributed by atoms with Crippen LogP contribution >= 0.6 is 34.7 Å². The minimum absolute atomic E-state index is 0.0820. The molecule has 0 aliphatic heterocycles. The molecule has 2 aromatic rings. The van der Waals surface area contributed by atoms with Crippen LogP contribution in [-0.2, 0) is 0 Å². The second-order valence-electron chi connectivity index (χ2n) is 4.10. The number of halogens is 2. The Morgan fingerprint density at radius 2 is 1.86 bits per heavy atom. The Morgan fingerprint density at radius 1 is 1.19 bits per heavy atom. The fourth-order valence-corrected chi connectivity index (χ4v) is 2.83. The monoisotopic (exact) mass is 343 g/mol. The lowest BCUT2D eigenvalue weighted by Crippen LogP contribution is -2.07. The van der Waals surface area contributed by atoms with E-state index in [9.17, 15) is 9.59 Å². The minimum atomic E-state index is -0.386. The molecule has 0 fully saturated rings. The summed E-state index contributed by atoms with van der Waals surface area (Å²) in [7, 11) is 0. The van der Waals surface area contributed by atoms with Crippen LogP contribution in [0.4, 0.5) is 0 Å². The molecule has 1 heterocycles. The molecule has 0 radical (unpaired) electrons. The van der Waals surface area contributed by atoms with E-state index < -0.39 is 0 Å². The topological polar surface area (TPSA) is 56.3 Å². The zero-order valence-corrected chi connectivity index (χ0v) is 13.4. The van der Waals surface area contributed by atoms with Crippen molar-refractivity contribution in [2.24, 2.45) is 0 Å². The van der Waals surface area contributed by atoms with Crippen LogP contribution in [0.15, 0.2) is 24.3 Å². The van der Waals surface area contributed by atoms with Crippen LogP contribution < -0.4 is 4.74 Å². The molecule has 1 aromatic carbocycles. The van der Waals surface area contributed by atoms with E-state index in [1.165, 1.54) is 0 Å². The fourth-order valence-electron chi connectivity index (χ4n) is 1.66. The van der Waals surface area contributed by atoms with Crippen molar-refractivity contribution in [3.63, 3.8) is 0 Å². The summed E-state index contributed by atoms with van der Waals surface area (Å²) in [6.45, 7) is 2.43. The van der Waals surface area contributed by atoms with Crippen molar-refractivity contribution in [3.8, 4) is 5.75 Å². The van der Waals surface area contributed by atoms with Gasteiger partial charge in [-0.25, -0.2) is 0 Å². The van der Waals surface area contributed by atoms with E-state index in [1.54, 1.807) is 24.3 Å². The van der Waals surface area contributed by atoms with Gasteiger partial charge in [-0.05, 0) is 42.7 Å². The van der Waals surface area contributed by atoms with Crippen molar-refractivity contribution in [2.75, 3.05) is 6.61 Å². The van der Waals surface area contributed by atoms with Crippen molar-refractivity contribution in [1.82, 2.24) is 4.37 Å². The van der Waals surface area contributed by atoms with Crippen molar-refractivity contribution >= 4 is 46.3 Å². The number of carbonyl (C=O) groups excluding carboxylic acids is 2. The molecule has 21 heavy (non-hydrogen) atoms. The molecule has 110 valence electrons. The lowest BCUT2D eigenvalue weighted by Gasteiger charge is -2.04. The molecule has 0 aliphatic carbocycles. The van der Waals surface area contributed by atoms with Crippen LogP contribution in [0, 0.1) is 0 Å². The van der Waals surface area contributed by atoms with Gasteiger partial charge >= 0.3 is 0 Å². The van der Waals surface area contributed by atoms with Gasteiger partial charge in [0, 0.05) is 5.56 Å². The lowest BCUT2D eigenvalue weighted by atomic mass is 10.1. The average molecular weight is 344 g/mol. The summed E-state index contributed by atoms with van der Waals surface area (Å²) in [6, 6.07) is 6.64. The van der Waals surface area contributed by atoms with E-state index in [0.29, 0.717) is 17.9 Å². The highest BCUT2D eigenvalue weighted by molar-refractivity contribution is 7.09. The molecule has 0 amide bonds. The van der Waals surface area contributed by atoms with Gasteiger partial charge in [0.15, 0.2) is 16.7 Å². The van der Waals surface area contributed by atoms with Crippen LogP contribution in [0.5, 0.6) is 5.75 Å². The van der Waals surface area contributed by atoms with Crippen LogP contribution in [0.25, 0.3) is 0 Å². The van der Waals surface area contributed by atoms with Gasteiger partial charge < -0.3 is 4.74 Å². The number of aromatic nitrogens is 1. The van der Waals surface area contributed by atoms with Gasteiger partial charge in [-0.1, -0.05) is 23.2 Å². The number of ether oxygens (including phenoxy) is 1. The Labute approximate surface area is 135 Å². The van der Waals surface area contributed by atoms with E-state index in [4.69, 9.17) is 27.9 Å². The first-order chi connectivity index (χ1) is 10.0. The smallest absolute Gasteiger partial charge is 0.183 e. The van der Waals surface area contributed by atoms with Gasteiger partial charge in [-0.3, -0.25) is 9.59 Å². The molecular weight excluding hydrogens is 333 g/mol. The number of nitrogens with zero attached hydrogens (tertiary/aromatic N) is 1. The molecule has 0 bridgehead atoms. The van der Waals surface area contributed by atoms with E-state index >= 15 is 0 Å². The van der Waals surface area contributed by atoms with E-state index in [2.05, 4.69) is 4.37 Å². The summed E-state index contributed by atoms with van der Waals surface area (Å²) in [6.07, 6.45) is -0.272. The number of rotatable bonds is 6. The van der Waals surface area contributed by atoms with Gasteiger partial charge in [-0.2, -0.15) is 4.37 Å². The standard InChI is InChI=1S/C14H11Cl2NO3S/c1-2-20-9-5-3-8(4-6-9)10(18)7-11(19)13-12(15)14(16)17-21-13/h3-6H,2,7H2,1H3. The zero-order chi connectivity index (χ0) is 15.4. The summed E-state index contributed by atoms with van der Waals surface area (Å²) in [4.78, 5) is 24.3. The zero-order valence-electron chi connectivity index (χ0n) is 11.1. The summed E-state index contributed by atoms with van der Waals surface area (Å²) in [5, 5.41) is 0.185. The third-order valence-electron chi connectivity index (χ3n) is 2.66. The number of carbonyl (C=O) groups is 2. The van der Waals surface area contributed by atoms with Crippen LogP contribution in [0.1, 0.15) is 33.4 Å². The molecule has 0 aliphatic rings. The quantitative estimate of drug-likeness (QED) is 0.579. The van der Waals surface area contributed by atoms with Crippen LogP contribution in [0.3, 0.4) is 0 Å². The van der Waals surface area contributed by atoms with Gasteiger partial charge in [0.05, 0.1) is 13.0 Å². The lowest BCUT2D eigenvalue weighted by molar-refractivity contribution is 0.0896. The van der Waals surface area contributed by atoms with Crippen LogP contribution in [-0.4, -0.2) is 22.5 Å². The average Bonchev–Trinajstić information content (AvgIpc) is 2.80. The third kappa shape index (κ3) is 3.81. The molecule has 0 unspecified atom stereocenters. The maximum absolute atomic E-state index is 12.1. The number of hydrogen-bond donors (Lipinski definition) is 0. The highest BCUT2D eigenvalue weighted by Gasteiger charge is 2.20. The van der Waals surface area contributed by atoms with E-state index in [0.717, 1.165) is 11.5 Å². The number of ketones is 2. The van der Waals surface area contributed by atoms with Crippen molar-refractivity contribution in [2.45, 2.75) is 13.3 Å². The molecule has 0 N–H and O–H groups in total. The first-order valence-corrected chi connectivity index (χ1v) is 7.65. The molecule has 0 saturated carbocycles. The first-order valence-electron chi connectivity index (χ1n) is 6.12. The van der Waals surface area contributed by atoms with E-state index in [1.807, 2.05) is 6.92 Å². The summed E-state index contributed by atoms with van der Waals surface area (Å²) in [5.74, 6) is 0.00424. The molecule has 0 atom stereocenters. The highest BCUT2D eigenvalue weighted by atomic mass is 35.5. The summed E-state index contributed by atoms with van der Waals surface area (Å²) < 4.78 is 9.07. The molecule has 2 rings (SSSR count). The maximum Gasteiger partial charge on any atom is 0.183 e.